The monoisotopic (exact) mass is 296 g/mol. The van der Waals surface area contributed by atoms with Crippen molar-refractivity contribution in [1.82, 2.24) is 0 Å². The van der Waals surface area contributed by atoms with Gasteiger partial charge in [0.05, 0.1) is 0 Å². The highest BCUT2D eigenvalue weighted by atomic mass is 28.4. The molecule has 0 saturated heterocycles. The third-order valence-electron chi connectivity index (χ3n) is 5.29. The lowest BCUT2D eigenvalue weighted by Gasteiger charge is -2.38. The molecule has 0 spiro atoms. The van der Waals surface area contributed by atoms with Gasteiger partial charge in [-0.1, -0.05) is 40.2 Å². The van der Waals surface area contributed by atoms with E-state index in [1.165, 1.54) is 5.57 Å². The van der Waals surface area contributed by atoms with Crippen LogP contribution in [-0.4, -0.2) is 20.7 Å². The molecule has 20 heavy (non-hydrogen) atoms. The van der Waals surface area contributed by atoms with E-state index < -0.39 is 8.32 Å². The highest BCUT2D eigenvalue weighted by molar-refractivity contribution is 6.74. The van der Waals surface area contributed by atoms with Crippen LogP contribution in [0, 0.1) is 5.41 Å². The summed E-state index contributed by atoms with van der Waals surface area (Å²) >= 11 is 0. The molecule has 1 rings (SSSR count). The van der Waals surface area contributed by atoms with Crippen molar-refractivity contribution < 1.29 is 9.22 Å². The minimum atomic E-state index is -1.68. The molecule has 0 unspecified atom stereocenters. The third-order valence-corrected chi connectivity index (χ3v) is 9.82. The SMILES string of the molecule is CC1=C(CCO[Si](C)(C)C(C)(C)C)C(C)(C)CCC1=O. The summed E-state index contributed by atoms with van der Waals surface area (Å²) in [5.41, 5.74) is 2.45. The van der Waals surface area contributed by atoms with Crippen LogP contribution < -0.4 is 0 Å². The van der Waals surface area contributed by atoms with Gasteiger partial charge in [0.25, 0.3) is 0 Å². The van der Waals surface area contributed by atoms with Crippen molar-refractivity contribution in [3.05, 3.63) is 11.1 Å². The molecular weight excluding hydrogens is 264 g/mol. The van der Waals surface area contributed by atoms with Crippen LogP contribution in [0.2, 0.25) is 18.1 Å². The molecule has 0 saturated carbocycles. The molecule has 1 aliphatic carbocycles. The number of allylic oxidation sites excluding steroid dienone is 1. The lowest BCUT2D eigenvalue weighted by Crippen LogP contribution is -2.41. The van der Waals surface area contributed by atoms with Crippen molar-refractivity contribution in [2.24, 2.45) is 5.41 Å². The normalized spacial score (nSPS) is 20.5. The number of rotatable bonds is 4. The molecule has 0 aromatic heterocycles. The van der Waals surface area contributed by atoms with E-state index in [9.17, 15) is 4.79 Å². The largest absolute Gasteiger partial charge is 0.417 e. The molecular formula is C17H32O2Si. The smallest absolute Gasteiger partial charge is 0.191 e. The first-order chi connectivity index (χ1) is 8.88. The maximum Gasteiger partial charge on any atom is 0.191 e. The van der Waals surface area contributed by atoms with Gasteiger partial charge in [-0.05, 0) is 48.9 Å². The van der Waals surface area contributed by atoms with Crippen LogP contribution in [0.3, 0.4) is 0 Å². The van der Waals surface area contributed by atoms with Gasteiger partial charge in [-0.2, -0.15) is 0 Å². The molecule has 0 radical (unpaired) electrons. The molecule has 2 nitrogen and oxygen atoms in total. The number of hydrogen-bond acceptors (Lipinski definition) is 2. The first-order valence-electron chi connectivity index (χ1n) is 7.76. The second-order valence-corrected chi connectivity index (χ2v) is 13.1. The highest BCUT2D eigenvalue weighted by Gasteiger charge is 2.38. The lowest BCUT2D eigenvalue weighted by atomic mass is 9.71. The summed E-state index contributed by atoms with van der Waals surface area (Å²) in [6.07, 6.45) is 2.57. The number of carbonyl (C=O) groups is 1. The molecule has 0 heterocycles. The van der Waals surface area contributed by atoms with Gasteiger partial charge in [0.2, 0.25) is 0 Å². The van der Waals surface area contributed by atoms with Crippen molar-refractivity contribution in [3.8, 4) is 0 Å². The molecule has 0 fully saturated rings. The van der Waals surface area contributed by atoms with E-state index in [1.807, 2.05) is 6.92 Å². The van der Waals surface area contributed by atoms with Crippen molar-refractivity contribution >= 4 is 14.1 Å². The fourth-order valence-electron chi connectivity index (χ4n) is 2.59. The van der Waals surface area contributed by atoms with Crippen LogP contribution in [0.4, 0.5) is 0 Å². The molecule has 0 N–H and O–H groups in total. The van der Waals surface area contributed by atoms with Crippen molar-refractivity contribution in [1.29, 1.82) is 0 Å². The lowest BCUT2D eigenvalue weighted by molar-refractivity contribution is -0.116. The Hall–Kier alpha value is -0.413. The summed E-state index contributed by atoms with van der Waals surface area (Å²) in [7, 11) is -1.68. The van der Waals surface area contributed by atoms with Gasteiger partial charge in [0.1, 0.15) is 0 Å². The molecule has 0 aromatic rings. The molecule has 116 valence electrons. The van der Waals surface area contributed by atoms with E-state index in [4.69, 9.17) is 4.43 Å². The maximum absolute atomic E-state index is 11.9. The standard InChI is InChI=1S/C17H32O2Si/c1-13-14(17(5,6)11-9-15(13)18)10-12-19-20(7,8)16(2,3)4/h9-12H2,1-8H3. The Morgan fingerprint density at radius 1 is 1.25 bits per heavy atom. The maximum atomic E-state index is 11.9. The Bertz CT molecular complexity index is 411. The van der Waals surface area contributed by atoms with Gasteiger partial charge in [0, 0.05) is 13.0 Å². The van der Waals surface area contributed by atoms with E-state index in [-0.39, 0.29) is 10.5 Å². The average molecular weight is 297 g/mol. The van der Waals surface area contributed by atoms with E-state index in [0.29, 0.717) is 12.2 Å². The summed E-state index contributed by atoms with van der Waals surface area (Å²) in [4.78, 5) is 11.9. The van der Waals surface area contributed by atoms with Crippen LogP contribution in [0.1, 0.15) is 60.8 Å². The number of hydrogen-bond donors (Lipinski definition) is 0. The molecule has 3 heteroatoms. The minimum absolute atomic E-state index is 0.148. The summed E-state index contributed by atoms with van der Waals surface area (Å²) in [6, 6.07) is 0. The fourth-order valence-corrected chi connectivity index (χ4v) is 3.64. The van der Waals surface area contributed by atoms with Crippen LogP contribution in [0.15, 0.2) is 11.1 Å². The number of ketones is 1. The van der Waals surface area contributed by atoms with E-state index in [0.717, 1.165) is 25.0 Å². The Balaban J connectivity index is 2.74. The predicted octanol–water partition coefficient (Wildman–Crippen LogP) is 5.10. The topological polar surface area (TPSA) is 26.3 Å². The van der Waals surface area contributed by atoms with Gasteiger partial charge in [-0.25, -0.2) is 0 Å². The van der Waals surface area contributed by atoms with Gasteiger partial charge in [-0.3, -0.25) is 4.79 Å². The molecule has 0 aliphatic heterocycles. The fraction of sp³-hybridized carbons (Fsp3) is 0.824. The van der Waals surface area contributed by atoms with Crippen LogP contribution in [-0.2, 0) is 9.22 Å². The zero-order valence-corrected chi connectivity index (χ0v) is 15.6. The first-order valence-corrected chi connectivity index (χ1v) is 10.7. The van der Waals surface area contributed by atoms with E-state index in [2.05, 4.69) is 47.7 Å². The zero-order chi connectivity index (χ0) is 15.8. The Labute approximate surface area is 126 Å². The zero-order valence-electron chi connectivity index (χ0n) is 14.6. The first kappa shape index (κ1) is 17.6. The van der Waals surface area contributed by atoms with Crippen LogP contribution in [0.5, 0.6) is 0 Å². The molecule has 0 aromatic carbocycles. The summed E-state index contributed by atoms with van der Waals surface area (Å²) in [6.45, 7) is 18.6. The summed E-state index contributed by atoms with van der Waals surface area (Å²) in [5.74, 6) is 0.326. The molecule has 0 amide bonds. The summed E-state index contributed by atoms with van der Waals surface area (Å²) < 4.78 is 6.27. The molecule has 0 atom stereocenters. The van der Waals surface area contributed by atoms with Crippen molar-refractivity contribution in [2.45, 2.75) is 78.9 Å². The average Bonchev–Trinajstić information content (AvgIpc) is 2.27. The van der Waals surface area contributed by atoms with Crippen LogP contribution in [0.25, 0.3) is 0 Å². The summed E-state index contributed by atoms with van der Waals surface area (Å²) in [5, 5.41) is 0.244. The van der Waals surface area contributed by atoms with Gasteiger partial charge < -0.3 is 4.43 Å². The van der Waals surface area contributed by atoms with Gasteiger partial charge in [0.15, 0.2) is 14.1 Å². The van der Waals surface area contributed by atoms with Crippen molar-refractivity contribution in [3.63, 3.8) is 0 Å². The Kier molecular flexibility index (Phi) is 5.08. The van der Waals surface area contributed by atoms with Crippen molar-refractivity contribution in [2.75, 3.05) is 6.61 Å². The molecule has 1 aliphatic rings. The second-order valence-electron chi connectivity index (χ2n) is 8.27. The predicted molar refractivity (Wildman–Crippen MR) is 88.5 cm³/mol. The number of carbonyl (C=O) groups excluding carboxylic acids is 1. The Morgan fingerprint density at radius 3 is 2.30 bits per heavy atom. The third kappa shape index (κ3) is 3.82. The second kappa shape index (κ2) is 5.76. The number of Topliss-reactive ketones (excluding diaryl/α,β-unsaturated/α-hetero) is 1. The van der Waals surface area contributed by atoms with Gasteiger partial charge >= 0.3 is 0 Å². The van der Waals surface area contributed by atoms with E-state index >= 15 is 0 Å². The minimum Gasteiger partial charge on any atom is -0.417 e. The Morgan fingerprint density at radius 2 is 1.80 bits per heavy atom. The van der Waals surface area contributed by atoms with Crippen LogP contribution >= 0.6 is 0 Å². The molecule has 0 bridgehead atoms. The highest BCUT2D eigenvalue weighted by Crippen LogP contribution is 2.41. The van der Waals surface area contributed by atoms with Gasteiger partial charge in [-0.15, -0.1) is 0 Å². The van der Waals surface area contributed by atoms with E-state index in [1.54, 1.807) is 0 Å². The quantitative estimate of drug-likeness (QED) is 0.674.